The van der Waals surface area contributed by atoms with E-state index in [1.807, 2.05) is 20.0 Å². The number of nitrogens with zero attached hydrogens (tertiary/aromatic N) is 1. The molecular formula is C11H19N3OS. The lowest BCUT2D eigenvalue weighted by atomic mass is 9.93. The van der Waals surface area contributed by atoms with Crippen molar-refractivity contribution in [2.75, 3.05) is 6.54 Å². The molecule has 0 atom stereocenters. The van der Waals surface area contributed by atoms with Gasteiger partial charge in [-0.25, -0.2) is 4.98 Å². The van der Waals surface area contributed by atoms with Crippen LogP contribution in [0.15, 0.2) is 6.20 Å². The first-order valence-electron chi connectivity index (χ1n) is 5.41. The van der Waals surface area contributed by atoms with Crippen molar-refractivity contribution in [3.8, 4) is 0 Å². The van der Waals surface area contributed by atoms with E-state index in [9.17, 15) is 4.79 Å². The van der Waals surface area contributed by atoms with Crippen LogP contribution in [-0.2, 0) is 17.8 Å². The van der Waals surface area contributed by atoms with Crippen molar-refractivity contribution in [3.63, 3.8) is 0 Å². The largest absolute Gasteiger partial charge is 0.349 e. The summed E-state index contributed by atoms with van der Waals surface area (Å²) in [7, 11) is 0. The Hall–Kier alpha value is -0.940. The van der Waals surface area contributed by atoms with Gasteiger partial charge in [0, 0.05) is 17.6 Å². The average molecular weight is 241 g/mol. The smallest absolute Gasteiger partial charge is 0.227 e. The second kappa shape index (κ2) is 5.41. The van der Waals surface area contributed by atoms with Gasteiger partial charge in [-0.3, -0.25) is 4.79 Å². The van der Waals surface area contributed by atoms with E-state index in [2.05, 4.69) is 17.2 Å². The summed E-state index contributed by atoms with van der Waals surface area (Å²) in [4.78, 5) is 17.2. The molecule has 0 spiro atoms. The van der Waals surface area contributed by atoms with Gasteiger partial charge in [0.2, 0.25) is 5.91 Å². The summed E-state index contributed by atoms with van der Waals surface area (Å²) < 4.78 is 0. The van der Waals surface area contributed by atoms with E-state index in [0.717, 1.165) is 11.4 Å². The Balaban J connectivity index is 2.49. The summed E-state index contributed by atoms with van der Waals surface area (Å²) in [5, 5.41) is 3.80. The van der Waals surface area contributed by atoms with Crippen LogP contribution >= 0.6 is 11.3 Å². The maximum absolute atomic E-state index is 11.7. The molecule has 1 aromatic rings. The second-order valence-corrected chi connectivity index (χ2v) is 5.54. The number of thiazole rings is 1. The molecule has 0 saturated heterocycles. The first-order chi connectivity index (χ1) is 7.49. The molecule has 4 nitrogen and oxygen atoms in total. The lowest BCUT2D eigenvalue weighted by Crippen LogP contribution is -2.41. The molecule has 0 bridgehead atoms. The number of carbonyl (C=O) groups is 1. The van der Waals surface area contributed by atoms with Crippen LogP contribution in [0.25, 0.3) is 0 Å². The molecule has 0 fully saturated rings. The summed E-state index contributed by atoms with van der Waals surface area (Å²) in [5.41, 5.74) is 5.02. The van der Waals surface area contributed by atoms with E-state index in [-0.39, 0.29) is 5.91 Å². The van der Waals surface area contributed by atoms with Gasteiger partial charge in [-0.15, -0.1) is 11.3 Å². The first kappa shape index (κ1) is 13.1. The molecular weight excluding hydrogens is 222 g/mol. The standard InChI is InChI=1S/C11H19N3OS/c1-4-8-5-13-9(16-8)6-14-10(15)11(2,3)7-12/h5H,4,6-7,12H2,1-3H3,(H,14,15). The molecule has 0 saturated carbocycles. The van der Waals surface area contributed by atoms with Gasteiger partial charge in [-0.1, -0.05) is 6.92 Å². The number of aromatic nitrogens is 1. The van der Waals surface area contributed by atoms with Crippen LogP contribution in [-0.4, -0.2) is 17.4 Å². The monoisotopic (exact) mass is 241 g/mol. The molecule has 5 heteroatoms. The van der Waals surface area contributed by atoms with Crippen molar-refractivity contribution < 1.29 is 4.79 Å². The van der Waals surface area contributed by atoms with Crippen molar-refractivity contribution in [2.45, 2.75) is 33.7 Å². The van der Waals surface area contributed by atoms with Crippen LogP contribution < -0.4 is 11.1 Å². The Morgan fingerprint density at radius 2 is 2.31 bits per heavy atom. The summed E-state index contributed by atoms with van der Waals surface area (Å²) in [6, 6.07) is 0. The molecule has 1 heterocycles. The molecule has 0 radical (unpaired) electrons. The van der Waals surface area contributed by atoms with Crippen molar-refractivity contribution in [1.29, 1.82) is 0 Å². The fraction of sp³-hybridized carbons (Fsp3) is 0.636. The minimum Gasteiger partial charge on any atom is -0.349 e. The fourth-order valence-electron chi connectivity index (χ4n) is 1.08. The highest BCUT2D eigenvalue weighted by Gasteiger charge is 2.25. The van der Waals surface area contributed by atoms with E-state index in [1.165, 1.54) is 4.88 Å². The molecule has 1 amide bonds. The van der Waals surface area contributed by atoms with Crippen molar-refractivity contribution >= 4 is 17.2 Å². The molecule has 1 rings (SSSR count). The third kappa shape index (κ3) is 3.28. The predicted molar refractivity (Wildman–Crippen MR) is 66.2 cm³/mol. The van der Waals surface area contributed by atoms with Crippen LogP contribution in [0.4, 0.5) is 0 Å². The number of hydrogen-bond donors (Lipinski definition) is 2. The quantitative estimate of drug-likeness (QED) is 0.816. The third-order valence-corrected chi connectivity index (χ3v) is 3.62. The number of aryl methyl sites for hydroxylation is 1. The van der Waals surface area contributed by atoms with Crippen LogP contribution in [0.3, 0.4) is 0 Å². The van der Waals surface area contributed by atoms with Gasteiger partial charge in [-0.2, -0.15) is 0 Å². The highest BCUT2D eigenvalue weighted by molar-refractivity contribution is 7.11. The number of amides is 1. The molecule has 0 aliphatic rings. The average Bonchev–Trinajstić information content (AvgIpc) is 2.73. The summed E-state index contributed by atoms with van der Waals surface area (Å²) in [5.74, 6) is -0.0248. The van der Waals surface area contributed by atoms with E-state index in [1.54, 1.807) is 11.3 Å². The van der Waals surface area contributed by atoms with Crippen LogP contribution in [0.2, 0.25) is 0 Å². The van der Waals surface area contributed by atoms with Crippen molar-refractivity contribution in [3.05, 3.63) is 16.1 Å². The fourth-order valence-corrected chi connectivity index (χ4v) is 1.88. The lowest BCUT2D eigenvalue weighted by Gasteiger charge is -2.20. The Kier molecular flexibility index (Phi) is 4.44. The van der Waals surface area contributed by atoms with E-state index < -0.39 is 5.41 Å². The Morgan fingerprint density at radius 3 is 2.81 bits per heavy atom. The minimum atomic E-state index is -0.509. The maximum atomic E-state index is 11.7. The number of hydrogen-bond acceptors (Lipinski definition) is 4. The summed E-state index contributed by atoms with van der Waals surface area (Å²) in [6.45, 7) is 6.60. The Labute approximate surface area is 100 Å². The van der Waals surface area contributed by atoms with E-state index >= 15 is 0 Å². The summed E-state index contributed by atoms with van der Waals surface area (Å²) >= 11 is 1.64. The number of nitrogens with one attached hydrogen (secondary N) is 1. The molecule has 0 aliphatic heterocycles. The van der Waals surface area contributed by atoms with Gasteiger partial charge in [0.25, 0.3) is 0 Å². The zero-order valence-corrected chi connectivity index (χ0v) is 10.9. The van der Waals surface area contributed by atoms with E-state index in [4.69, 9.17) is 5.73 Å². The normalized spacial score (nSPS) is 11.5. The first-order valence-corrected chi connectivity index (χ1v) is 6.23. The van der Waals surface area contributed by atoms with Gasteiger partial charge < -0.3 is 11.1 Å². The van der Waals surface area contributed by atoms with E-state index in [0.29, 0.717) is 13.1 Å². The van der Waals surface area contributed by atoms with Crippen LogP contribution in [0.5, 0.6) is 0 Å². The van der Waals surface area contributed by atoms with Crippen molar-refractivity contribution in [2.24, 2.45) is 11.1 Å². The zero-order valence-electron chi connectivity index (χ0n) is 10.0. The van der Waals surface area contributed by atoms with Gasteiger partial charge in [0.1, 0.15) is 5.01 Å². The summed E-state index contributed by atoms with van der Waals surface area (Å²) in [6.07, 6.45) is 2.85. The van der Waals surface area contributed by atoms with Gasteiger partial charge in [0.15, 0.2) is 0 Å². The van der Waals surface area contributed by atoms with Gasteiger partial charge >= 0.3 is 0 Å². The molecule has 0 aromatic carbocycles. The number of rotatable bonds is 5. The second-order valence-electron chi connectivity index (χ2n) is 4.34. The van der Waals surface area contributed by atoms with Crippen LogP contribution in [0, 0.1) is 5.41 Å². The van der Waals surface area contributed by atoms with Gasteiger partial charge in [0.05, 0.1) is 12.0 Å². The third-order valence-electron chi connectivity index (χ3n) is 2.48. The topological polar surface area (TPSA) is 68.0 Å². The minimum absolute atomic E-state index is 0.0248. The SMILES string of the molecule is CCc1cnc(CNC(=O)C(C)(C)CN)s1. The van der Waals surface area contributed by atoms with Crippen molar-refractivity contribution in [1.82, 2.24) is 10.3 Å². The number of carbonyl (C=O) groups excluding carboxylic acids is 1. The van der Waals surface area contributed by atoms with Crippen LogP contribution in [0.1, 0.15) is 30.7 Å². The molecule has 16 heavy (non-hydrogen) atoms. The molecule has 3 N–H and O–H groups in total. The van der Waals surface area contributed by atoms with Gasteiger partial charge in [-0.05, 0) is 20.3 Å². The zero-order chi connectivity index (χ0) is 12.2. The molecule has 1 aromatic heterocycles. The number of nitrogens with two attached hydrogens (primary N) is 1. The Bertz CT molecular complexity index is 360. The molecule has 90 valence electrons. The highest BCUT2D eigenvalue weighted by Crippen LogP contribution is 2.15. The Morgan fingerprint density at radius 1 is 1.62 bits per heavy atom. The predicted octanol–water partition coefficient (Wildman–Crippen LogP) is 1.31. The maximum Gasteiger partial charge on any atom is 0.227 e. The lowest BCUT2D eigenvalue weighted by molar-refractivity contribution is -0.129. The molecule has 0 unspecified atom stereocenters. The highest BCUT2D eigenvalue weighted by atomic mass is 32.1. The molecule has 0 aliphatic carbocycles.